The Balaban J connectivity index is 1.46. The van der Waals surface area contributed by atoms with Crippen molar-refractivity contribution in [3.63, 3.8) is 0 Å². The van der Waals surface area contributed by atoms with E-state index in [-0.39, 0.29) is 35.6 Å². The van der Waals surface area contributed by atoms with Gasteiger partial charge in [-0.25, -0.2) is 0 Å². The molecule has 0 bridgehead atoms. The first-order valence-electron chi connectivity index (χ1n) is 9.05. The van der Waals surface area contributed by atoms with Crippen LogP contribution < -0.4 is 16.0 Å². The van der Waals surface area contributed by atoms with Gasteiger partial charge in [-0.15, -0.1) is 11.8 Å². The molecule has 0 saturated carbocycles. The molecule has 2 aromatic rings. The normalized spacial score (nSPS) is 15.1. The standard InChI is InChI=1S/C20H18Cl3N3O3S/c21-11-2-4-17-14(7-11)16(5-6-30-17)26-19(28)10-24-18(27)9-25-20(29)13-3-1-12(22)8-15(13)23/h1-4,7-8,16H,5-6,9-10H2,(H,24,27)(H,25,29)(H,26,28). The maximum atomic E-state index is 12.3. The molecule has 0 radical (unpaired) electrons. The second kappa shape index (κ2) is 10.4. The number of amides is 3. The molecule has 3 amide bonds. The van der Waals surface area contributed by atoms with Crippen molar-refractivity contribution in [3.8, 4) is 0 Å². The Labute approximate surface area is 193 Å². The van der Waals surface area contributed by atoms with Crippen LogP contribution in [-0.2, 0) is 9.59 Å². The molecule has 10 heteroatoms. The third-order valence-electron chi connectivity index (χ3n) is 4.38. The van der Waals surface area contributed by atoms with Gasteiger partial charge in [-0.3, -0.25) is 14.4 Å². The molecule has 2 aromatic carbocycles. The molecule has 0 fully saturated rings. The molecule has 0 saturated heterocycles. The van der Waals surface area contributed by atoms with E-state index in [2.05, 4.69) is 16.0 Å². The number of carbonyl (C=O) groups excluding carboxylic acids is 3. The largest absolute Gasteiger partial charge is 0.348 e. The van der Waals surface area contributed by atoms with E-state index in [9.17, 15) is 14.4 Å². The second-order valence-corrected chi connectivity index (χ2v) is 8.94. The molecule has 0 aromatic heterocycles. The van der Waals surface area contributed by atoms with Crippen molar-refractivity contribution in [1.29, 1.82) is 0 Å². The van der Waals surface area contributed by atoms with E-state index in [1.165, 1.54) is 18.2 Å². The van der Waals surface area contributed by atoms with Gasteiger partial charge in [-0.05, 0) is 48.4 Å². The number of hydrogen-bond acceptors (Lipinski definition) is 4. The summed E-state index contributed by atoms with van der Waals surface area (Å²) in [4.78, 5) is 37.4. The van der Waals surface area contributed by atoms with E-state index in [0.717, 1.165) is 22.6 Å². The Kier molecular flexibility index (Phi) is 7.88. The topological polar surface area (TPSA) is 87.3 Å². The van der Waals surface area contributed by atoms with Gasteiger partial charge in [-0.2, -0.15) is 0 Å². The maximum absolute atomic E-state index is 12.3. The molecule has 30 heavy (non-hydrogen) atoms. The van der Waals surface area contributed by atoms with Crippen LogP contribution in [0.5, 0.6) is 0 Å². The predicted molar refractivity (Wildman–Crippen MR) is 119 cm³/mol. The van der Waals surface area contributed by atoms with Crippen LogP contribution in [0.1, 0.15) is 28.4 Å². The summed E-state index contributed by atoms with van der Waals surface area (Å²) in [6.45, 7) is -0.487. The zero-order valence-electron chi connectivity index (χ0n) is 15.6. The lowest BCUT2D eigenvalue weighted by Gasteiger charge is -2.26. The molecular weight excluding hydrogens is 469 g/mol. The molecule has 1 aliphatic heterocycles. The van der Waals surface area contributed by atoms with E-state index in [4.69, 9.17) is 34.8 Å². The first kappa shape index (κ1) is 22.7. The number of halogens is 3. The highest BCUT2D eigenvalue weighted by molar-refractivity contribution is 7.99. The third kappa shape index (κ3) is 6.04. The van der Waals surface area contributed by atoms with Crippen LogP contribution in [0.2, 0.25) is 15.1 Å². The lowest BCUT2D eigenvalue weighted by atomic mass is 10.0. The number of benzene rings is 2. The van der Waals surface area contributed by atoms with Crippen molar-refractivity contribution in [3.05, 3.63) is 62.6 Å². The van der Waals surface area contributed by atoms with Gasteiger partial charge in [0.15, 0.2) is 0 Å². The van der Waals surface area contributed by atoms with Crippen molar-refractivity contribution in [2.45, 2.75) is 17.4 Å². The second-order valence-electron chi connectivity index (χ2n) is 6.52. The Morgan fingerprint density at radius 2 is 1.63 bits per heavy atom. The zero-order valence-corrected chi connectivity index (χ0v) is 18.7. The molecule has 3 N–H and O–H groups in total. The summed E-state index contributed by atoms with van der Waals surface area (Å²) in [7, 11) is 0. The summed E-state index contributed by atoms with van der Waals surface area (Å²) in [6, 6.07) is 9.90. The molecule has 3 rings (SSSR count). The molecule has 158 valence electrons. The first-order chi connectivity index (χ1) is 14.3. The molecule has 1 unspecified atom stereocenters. The number of nitrogens with one attached hydrogen (secondary N) is 3. The lowest BCUT2D eigenvalue weighted by molar-refractivity contribution is -0.126. The zero-order chi connectivity index (χ0) is 21.7. The van der Waals surface area contributed by atoms with Gasteiger partial charge < -0.3 is 16.0 Å². The van der Waals surface area contributed by atoms with Crippen LogP contribution in [0.15, 0.2) is 41.3 Å². The van der Waals surface area contributed by atoms with Crippen LogP contribution >= 0.6 is 46.6 Å². The monoisotopic (exact) mass is 485 g/mol. The predicted octanol–water partition coefficient (Wildman–Crippen LogP) is 3.85. The minimum absolute atomic E-state index is 0.156. The van der Waals surface area contributed by atoms with Crippen LogP contribution in [-0.4, -0.2) is 36.6 Å². The van der Waals surface area contributed by atoms with Crippen molar-refractivity contribution in [2.75, 3.05) is 18.8 Å². The minimum atomic E-state index is -0.510. The number of thioether (sulfide) groups is 1. The Hall–Kier alpha value is -1.93. The molecule has 0 spiro atoms. The van der Waals surface area contributed by atoms with Crippen molar-refractivity contribution < 1.29 is 14.4 Å². The van der Waals surface area contributed by atoms with Gasteiger partial charge in [0.05, 0.1) is 29.7 Å². The van der Waals surface area contributed by atoms with E-state index in [1.807, 2.05) is 18.2 Å². The number of hydrogen-bond donors (Lipinski definition) is 3. The van der Waals surface area contributed by atoms with Gasteiger partial charge in [0.1, 0.15) is 0 Å². The van der Waals surface area contributed by atoms with Gasteiger partial charge in [0, 0.05) is 20.7 Å². The number of carbonyl (C=O) groups is 3. The number of fused-ring (bicyclic) bond motifs is 1. The smallest absolute Gasteiger partial charge is 0.253 e. The van der Waals surface area contributed by atoms with Crippen LogP contribution in [0.3, 0.4) is 0 Å². The average molecular weight is 487 g/mol. The highest BCUT2D eigenvalue weighted by atomic mass is 35.5. The summed E-state index contributed by atoms with van der Waals surface area (Å²) < 4.78 is 0. The van der Waals surface area contributed by atoms with E-state index >= 15 is 0 Å². The molecule has 6 nitrogen and oxygen atoms in total. The van der Waals surface area contributed by atoms with Gasteiger partial charge in [0.2, 0.25) is 11.8 Å². The van der Waals surface area contributed by atoms with Crippen molar-refractivity contribution in [2.24, 2.45) is 0 Å². The quantitative estimate of drug-likeness (QED) is 0.579. The number of rotatable bonds is 6. The molecule has 1 heterocycles. The lowest BCUT2D eigenvalue weighted by Crippen LogP contribution is -2.43. The minimum Gasteiger partial charge on any atom is -0.348 e. The first-order valence-corrected chi connectivity index (χ1v) is 11.2. The van der Waals surface area contributed by atoms with E-state index in [0.29, 0.717) is 10.0 Å². The van der Waals surface area contributed by atoms with Crippen LogP contribution in [0.4, 0.5) is 0 Å². The average Bonchev–Trinajstić information content (AvgIpc) is 2.71. The third-order valence-corrected chi connectivity index (χ3v) is 6.28. The summed E-state index contributed by atoms with van der Waals surface area (Å²) in [5, 5.41) is 9.06. The summed E-state index contributed by atoms with van der Waals surface area (Å²) in [6.07, 6.45) is 0.773. The van der Waals surface area contributed by atoms with Gasteiger partial charge >= 0.3 is 0 Å². The Bertz CT molecular complexity index is 987. The Morgan fingerprint density at radius 1 is 0.933 bits per heavy atom. The van der Waals surface area contributed by atoms with Crippen molar-refractivity contribution in [1.82, 2.24) is 16.0 Å². The van der Waals surface area contributed by atoms with Gasteiger partial charge in [0.25, 0.3) is 5.91 Å². The van der Waals surface area contributed by atoms with E-state index in [1.54, 1.807) is 11.8 Å². The van der Waals surface area contributed by atoms with Crippen molar-refractivity contribution >= 4 is 64.3 Å². The molecule has 1 aliphatic rings. The fourth-order valence-electron chi connectivity index (χ4n) is 2.93. The maximum Gasteiger partial charge on any atom is 0.253 e. The molecular formula is C20H18Cl3N3O3S. The highest BCUT2D eigenvalue weighted by Crippen LogP contribution is 2.37. The van der Waals surface area contributed by atoms with Crippen LogP contribution in [0, 0.1) is 0 Å². The van der Waals surface area contributed by atoms with Gasteiger partial charge in [-0.1, -0.05) is 34.8 Å². The van der Waals surface area contributed by atoms with E-state index < -0.39 is 11.8 Å². The Morgan fingerprint density at radius 3 is 2.40 bits per heavy atom. The summed E-state index contributed by atoms with van der Waals surface area (Å²) >= 11 is 19.6. The molecule has 0 aliphatic carbocycles. The summed E-state index contributed by atoms with van der Waals surface area (Å²) in [5.74, 6) is -0.445. The molecule has 1 atom stereocenters. The fraction of sp³-hybridized carbons (Fsp3) is 0.250. The van der Waals surface area contributed by atoms with Crippen LogP contribution in [0.25, 0.3) is 0 Å². The summed E-state index contributed by atoms with van der Waals surface area (Å²) in [5.41, 5.74) is 1.18. The SMILES string of the molecule is O=C(CNC(=O)c1ccc(Cl)cc1Cl)NCC(=O)NC1CCSc2ccc(Cl)cc21. The highest BCUT2D eigenvalue weighted by Gasteiger charge is 2.22. The fourth-order valence-corrected chi connectivity index (χ4v) is 4.71.